The minimum Gasteiger partial charge on any atom is -0.493 e. The summed E-state index contributed by atoms with van der Waals surface area (Å²) in [5.41, 5.74) is 3.08. The number of benzene rings is 2. The molecule has 2 rings (SSSR count). The zero-order valence-electron chi connectivity index (χ0n) is 12.4. The van der Waals surface area contributed by atoms with Crippen molar-refractivity contribution in [3.05, 3.63) is 52.0 Å². The van der Waals surface area contributed by atoms with Gasteiger partial charge in [0.15, 0.2) is 11.5 Å². The van der Waals surface area contributed by atoms with Crippen LogP contribution >= 0.6 is 15.9 Å². The lowest BCUT2D eigenvalue weighted by molar-refractivity contribution is 0.310. The van der Waals surface area contributed by atoms with Gasteiger partial charge in [-0.1, -0.05) is 17.7 Å². The van der Waals surface area contributed by atoms with E-state index in [2.05, 4.69) is 27.8 Å². The van der Waals surface area contributed by atoms with Crippen LogP contribution in [0.2, 0.25) is 0 Å². The second kappa shape index (κ2) is 7.27. The molecule has 0 N–H and O–H groups in total. The van der Waals surface area contributed by atoms with Gasteiger partial charge in [-0.25, -0.2) is 0 Å². The van der Waals surface area contributed by atoms with Crippen LogP contribution in [0.4, 0.5) is 5.69 Å². The van der Waals surface area contributed by atoms with Crippen molar-refractivity contribution in [2.24, 2.45) is 4.99 Å². The van der Waals surface area contributed by atoms with E-state index < -0.39 is 0 Å². The fraction of sp³-hybridized carbons (Fsp3) is 0.235. The summed E-state index contributed by atoms with van der Waals surface area (Å²) >= 11 is 3.54. The van der Waals surface area contributed by atoms with Gasteiger partial charge in [-0.3, -0.25) is 4.99 Å². The van der Waals surface area contributed by atoms with Crippen molar-refractivity contribution < 1.29 is 9.47 Å². The molecule has 0 saturated heterocycles. The summed E-state index contributed by atoms with van der Waals surface area (Å²) in [5.74, 6) is 1.42. The quantitative estimate of drug-likeness (QED) is 0.719. The average molecular weight is 348 g/mol. The van der Waals surface area contributed by atoms with Crippen molar-refractivity contribution in [1.29, 1.82) is 0 Å². The molecule has 0 amide bonds. The summed E-state index contributed by atoms with van der Waals surface area (Å²) in [5, 5.41) is 0. The van der Waals surface area contributed by atoms with E-state index in [1.165, 1.54) is 5.56 Å². The van der Waals surface area contributed by atoms with Gasteiger partial charge in [-0.05, 0) is 54.0 Å². The van der Waals surface area contributed by atoms with Crippen LogP contribution in [0.5, 0.6) is 11.5 Å². The molecular formula is C17H18BrNO2. The standard InChI is InChI=1S/C17H18BrNO2/c1-4-21-17-10-15(18)13(9-16(17)20-3)11-19-14-7-5-12(2)6-8-14/h5-11H,4H2,1-3H3. The van der Waals surface area contributed by atoms with Crippen LogP contribution in [0, 0.1) is 6.92 Å². The third-order valence-electron chi connectivity index (χ3n) is 2.97. The molecule has 0 aliphatic carbocycles. The third-order valence-corrected chi connectivity index (χ3v) is 3.66. The molecule has 4 heteroatoms. The van der Waals surface area contributed by atoms with Gasteiger partial charge in [0.05, 0.1) is 19.4 Å². The molecule has 0 fully saturated rings. The van der Waals surface area contributed by atoms with Gasteiger partial charge in [0.1, 0.15) is 0 Å². The van der Waals surface area contributed by atoms with Crippen LogP contribution in [0.15, 0.2) is 45.9 Å². The highest BCUT2D eigenvalue weighted by Gasteiger charge is 2.08. The molecule has 110 valence electrons. The van der Waals surface area contributed by atoms with E-state index >= 15 is 0 Å². The Morgan fingerprint density at radius 3 is 2.48 bits per heavy atom. The fourth-order valence-electron chi connectivity index (χ4n) is 1.85. The number of aryl methyl sites for hydroxylation is 1. The van der Waals surface area contributed by atoms with Crippen LogP contribution in [0.1, 0.15) is 18.1 Å². The molecule has 0 radical (unpaired) electrons. The van der Waals surface area contributed by atoms with Gasteiger partial charge in [0.25, 0.3) is 0 Å². The maximum Gasteiger partial charge on any atom is 0.162 e. The van der Waals surface area contributed by atoms with E-state index in [9.17, 15) is 0 Å². The van der Waals surface area contributed by atoms with E-state index in [4.69, 9.17) is 9.47 Å². The predicted octanol–water partition coefficient (Wildman–Crippen LogP) is 4.92. The van der Waals surface area contributed by atoms with Crippen molar-refractivity contribution in [3.8, 4) is 11.5 Å². The molecule has 2 aromatic rings. The minimum atomic E-state index is 0.597. The first kappa shape index (κ1) is 15.6. The van der Waals surface area contributed by atoms with Crippen LogP contribution in [-0.2, 0) is 0 Å². The monoisotopic (exact) mass is 347 g/mol. The Morgan fingerprint density at radius 1 is 1.14 bits per heavy atom. The lowest BCUT2D eigenvalue weighted by Crippen LogP contribution is -1.97. The number of methoxy groups -OCH3 is 1. The minimum absolute atomic E-state index is 0.597. The van der Waals surface area contributed by atoms with Gasteiger partial charge < -0.3 is 9.47 Å². The molecule has 0 saturated carbocycles. The highest BCUT2D eigenvalue weighted by Crippen LogP contribution is 2.33. The maximum atomic E-state index is 5.54. The van der Waals surface area contributed by atoms with Crippen molar-refractivity contribution in [1.82, 2.24) is 0 Å². The van der Waals surface area contributed by atoms with Crippen molar-refractivity contribution in [3.63, 3.8) is 0 Å². The van der Waals surface area contributed by atoms with Crippen LogP contribution in [0.25, 0.3) is 0 Å². The van der Waals surface area contributed by atoms with Gasteiger partial charge in [0.2, 0.25) is 0 Å². The van der Waals surface area contributed by atoms with E-state index in [1.54, 1.807) is 7.11 Å². The molecule has 0 bridgehead atoms. The second-order valence-corrected chi connectivity index (χ2v) is 5.41. The molecule has 0 unspecified atom stereocenters. The Hall–Kier alpha value is -1.81. The number of hydrogen-bond acceptors (Lipinski definition) is 3. The molecule has 3 nitrogen and oxygen atoms in total. The fourth-order valence-corrected chi connectivity index (χ4v) is 2.28. The molecule has 0 atom stereocenters. The molecule has 21 heavy (non-hydrogen) atoms. The Labute approximate surface area is 133 Å². The lowest BCUT2D eigenvalue weighted by atomic mass is 10.2. The normalized spacial score (nSPS) is 10.9. The second-order valence-electron chi connectivity index (χ2n) is 4.55. The van der Waals surface area contributed by atoms with Crippen LogP contribution in [0.3, 0.4) is 0 Å². The molecule has 0 aliphatic heterocycles. The molecule has 0 aromatic heterocycles. The van der Waals surface area contributed by atoms with Crippen molar-refractivity contribution in [2.75, 3.05) is 13.7 Å². The first-order valence-electron chi connectivity index (χ1n) is 6.75. The van der Waals surface area contributed by atoms with E-state index in [0.717, 1.165) is 21.5 Å². The molecule has 2 aromatic carbocycles. The molecule has 0 heterocycles. The van der Waals surface area contributed by atoms with Gasteiger partial charge >= 0.3 is 0 Å². The summed E-state index contributed by atoms with van der Waals surface area (Å²) in [6, 6.07) is 11.9. The topological polar surface area (TPSA) is 30.8 Å². The van der Waals surface area contributed by atoms with Crippen molar-refractivity contribution >= 4 is 27.8 Å². The largest absolute Gasteiger partial charge is 0.493 e. The molecule has 0 spiro atoms. The number of nitrogens with zero attached hydrogens (tertiary/aromatic N) is 1. The number of rotatable bonds is 5. The highest BCUT2D eigenvalue weighted by atomic mass is 79.9. The Kier molecular flexibility index (Phi) is 5.39. The summed E-state index contributed by atoms with van der Waals surface area (Å²) < 4.78 is 11.8. The van der Waals surface area contributed by atoms with Gasteiger partial charge in [-0.2, -0.15) is 0 Å². The summed E-state index contributed by atoms with van der Waals surface area (Å²) in [6.07, 6.45) is 1.81. The van der Waals surface area contributed by atoms with Crippen LogP contribution < -0.4 is 9.47 Å². The molecular weight excluding hydrogens is 330 g/mol. The van der Waals surface area contributed by atoms with Crippen LogP contribution in [-0.4, -0.2) is 19.9 Å². The molecule has 0 aliphatic rings. The Morgan fingerprint density at radius 2 is 1.86 bits per heavy atom. The van der Waals surface area contributed by atoms with E-state index in [-0.39, 0.29) is 0 Å². The van der Waals surface area contributed by atoms with Gasteiger partial charge in [0, 0.05) is 16.3 Å². The predicted molar refractivity (Wildman–Crippen MR) is 90.3 cm³/mol. The summed E-state index contributed by atoms with van der Waals surface area (Å²) in [7, 11) is 1.63. The first-order valence-corrected chi connectivity index (χ1v) is 7.54. The smallest absolute Gasteiger partial charge is 0.162 e. The zero-order chi connectivity index (χ0) is 15.2. The average Bonchev–Trinajstić information content (AvgIpc) is 2.48. The highest BCUT2D eigenvalue weighted by molar-refractivity contribution is 9.10. The van der Waals surface area contributed by atoms with E-state index in [0.29, 0.717) is 12.4 Å². The zero-order valence-corrected chi connectivity index (χ0v) is 14.0. The summed E-state index contributed by atoms with van der Waals surface area (Å²) in [4.78, 5) is 4.48. The first-order chi connectivity index (χ1) is 10.1. The lowest BCUT2D eigenvalue weighted by Gasteiger charge is -2.11. The number of ether oxygens (including phenoxy) is 2. The maximum absolute atomic E-state index is 5.54. The number of aliphatic imine (C=N–C) groups is 1. The Balaban J connectivity index is 2.29. The SMILES string of the molecule is CCOc1cc(Br)c(C=Nc2ccc(C)cc2)cc1OC. The Bertz CT molecular complexity index is 636. The van der Waals surface area contributed by atoms with Crippen molar-refractivity contribution in [2.45, 2.75) is 13.8 Å². The van der Waals surface area contributed by atoms with E-state index in [1.807, 2.05) is 49.5 Å². The number of hydrogen-bond donors (Lipinski definition) is 0. The third kappa shape index (κ3) is 4.08. The number of halogens is 1. The summed E-state index contributed by atoms with van der Waals surface area (Å²) in [6.45, 7) is 4.60. The van der Waals surface area contributed by atoms with Gasteiger partial charge in [-0.15, -0.1) is 0 Å².